The zero-order valence-corrected chi connectivity index (χ0v) is 17.2. The van der Waals surface area contributed by atoms with Crippen LogP contribution in [0.1, 0.15) is 0 Å². The Balaban J connectivity index is 1.71. The molecular formula is C21H19N5O3S. The maximum atomic E-state index is 13.1. The van der Waals surface area contributed by atoms with Crippen LogP contribution in [0.2, 0.25) is 0 Å². The number of nitrogens with zero attached hydrogens (tertiary/aromatic N) is 4. The lowest BCUT2D eigenvalue weighted by atomic mass is 10.1. The maximum absolute atomic E-state index is 13.1. The van der Waals surface area contributed by atoms with E-state index in [0.717, 1.165) is 11.1 Å². The van der Waals surface area contributed by atoms with Gasteiger partial charge in [0.15, 0.2) is 5.82 Å². The number of anilines is 1. The van der Waals surface area contributed by atoms with E-state index in [4.69, 9.17) is 4.74 Å². The fraction of sp³-hybridized carbons (Fsp3) is 0.0952. The molecule has 0 unspecified atom stereocenters. The van der Waals surface area contributed by atoms with Gasteiger partial charge in [0.05, 0.1) is 17.7 Å². The predicted octanol–water partition coefficient (Wildman–Crippen LogP) is 3.35. The Hall–Kier alpha value is -3.72. The standard InChI is InChI=1S/C21H19N5O3S/c1-26-21(22-24-25-26)17-9-6-10-18(13-17)30(27,28)23-19-14-16(11-12-20(19)29-2)15-7-4-3-5-8-15/h3-14,23H,1-2H3. The average molecular weight is 421 g/mol. The molecule has 0 saturated carbocycles. The highest BCUT2D eigenvalue weighted by Crippen LogP contribution is 2.32. The summed E-state index contributed by atoms with van der Waals surface area (Å²) < 4.78 is 35.7. The van der Waals surface area contributed by atoms with Crippen LogP contribution < -0.4 is 9.46 Å². The Morgan fingerprint density at radius 1 is 0.900 bits per heavy atom. The van der Waals surface area contributed by atoms with Gasteiger partial charge in [0.2, 0.25) is 0 Å². The Morgan fingerprint density at radius 3 is 2.37 bits per heavy atom. The number of hydrogen-bond donors (Lipinski definition) is 1. The van der Waals surface area contributed by atoms with Crippen LogP contribution in [-0.4, -0.2) is 35.7 Å². The summed E-state index contributed by atoms with van der Waals surface area (Å²) in [6.07, 6.45) is 0. The fourth-order valence-electron chi connectivity index (χ4n) is 3.08. The van der Waals surface area contributed by atoms with Crippen LogP contribution in [0, 0.1) is 0 Å². The second-order valence-corrected chi connectivity index (χ2v) is 8.22. The lowest BCUT2D eigenvalue weighted by molar-refractivity contribution is 0.417. The third-order valence-corrected chi connectivity index (χ3v) is 5.94. The van der Waals surface area contributed by atoms with Gasteiger partial charge in [-0.15, -0.1) is 5.10 Å². The van der Waals surface area contributed by atoms with E-state index < -0.39 is 10.0 Å². The van der Waals surface area contributed by atoms with E-state index in [1.807, 2.05) is 36.4 Å². The molecule has 30 heavy (non-hydrogen) atoms. The van der Waals surface area contributed by atoms with Crippen molar-refractivity contribution in [2.24, 2.45) is 7.05 Å². The molecule has 0 aliphatic carbocycles. The van der Waals surface area contributed by atoms with Gasteiger partial charge >= 0.3 is 0 Å². The Kier molecular flexibility index (Phi) is 5.20. The molecule has 0 fully saturated rings. The minimum Gasteiger partial charge on any atom is -0.495 e. The lowest BCUT2D eigenvalue weighted by Gasteiger charge is -2.14. The first-order chi connectivity index (χ1) is 14.5. The van der Waals surface area contributed by atoms with Crippen molar-refractivity contribution in [3.05, 3.63) is 72.8 Å². The second-order valence-electron chi connectivity index (χ2n) is 6.54. The van der Waals surface area contributed by atoms with E-state index in [0.29, 0.717) is 22.8 Å². The number of methoxy groups -OCH3 is 1. The van der Waals surface area contributed by atoms with Gasteiger partial charge in [-0.25, -0.2) is 13.1 Å². The topological polar surface area (TPSA) is 99.0 Å². The molecule has 0 spiro atoms. The van der Waals surface area contributed by atoms with Crippen LogP contribution in [0.5, 0.6) is 5.75 Å². The zero-order valence-electron chi connectivity index (χ0n) is 16.4. The van der Waals surface area contributed by atoms with Crippen LogP contribution in [0.4, 0.5) is 5.69 Å². The van der Waals surface area contributed by atoms with E-state index in [1.54, 1.807) is 31.3 Å². The van der Waals surface area contributed by atoms with Crippen LogP contribution in [0.25, 0.3) is 22.5 Å². The molecule has 8 nitrogen and oxygen atoms in total. The third kappa shape index (κ3) is 3.87. The Labute approximate surface area is 174 Å². The van der Waals surface area contributed by atoms with Crippen molar-refractivity contribution in [2.75, 3.05) is 11.8 Å². The highest BCUT2D eigenvalue weighted by Gasteiger charge is 2.19. The first kappa shape index (κ1) is 19.6. The van der Waals surface area contributed by atoms with Crippen molar-refractivity contribution in [3.63, 3.8) is 0 Å². The third-order valence-electron chi connectivity index (χ3n) is 4.57. The number of benzene rings is 3. The van der Waals surface area contributed by atoms with E-state index in [2.05, 4.69) is 20.2 Å². The van der Waals surface area contributed by atoms with Crippen LogP contribution in [0.15, 0.2) is 77.7 Å². The SMILES string of the molecule is COc1ccc(-c2ccccc2)cc1NS(=O)(=O)c1cccc(-c2nnnn2C)c1. The molecule has 1 N–H and O–H groups in total. The highest BCUT2D eigenvalue weighted by molar-refractivity contribution is 7.92. The molecule has 0 radical (unpaired) electrons. The minimum atomic E-state index is -3.88. The summed E-state index contributed by atoms with van der Waals surface area (Å²) in [7, 11) is -0.693. The highest BCUT2D eigenvalue weighted by atomic mass is 32.2. The van der Waals surface area contributed by atoms with Gasteiger partial charge in [0, 0.05) is 12.6 Å². The van der Waals surface area contributed by atoms with Gasteiger partial charge in [0.1, 0.15) is 5.75 Å². The summed E-state index contributed by atoms with van der Waals surface area (Å²) in [4.78, 5) is 0.0927. The molecule has 0 saturated heterocycles. The molecule has 0 bridgehead atoms. The number of hydrogen-bond acceptors (Lipinski definition) is 6. The van der Waals surface area contributed by atoms with Crippen LogP contribution >= 0.6 is 0 Å². The van der Waals surface area contributed by atoms with Gasteiger partial charge in [-0.05, 0) is 45.8 Å². The van der Waals surface area contributed by atoms with Gasteiger partial charge in [-0.3, -0.25) is 4.72 Å². The van der Waals surface area contributed by atoms with Crippen molar-refractivity contribution < 1.29 is 13.2 Å². The fourth-order valence-corrected chi connectivity index (χ4v) is 4.18. The van der Waals surface area contributed by atoms with Gasteiger partial charge < -0.3 is 4.74 Å². The van der Waals surface area contributed by atoms with Crippen LogP contribution in [0.3, 0.4) is 0 Å². The number of rotatable bonds is 6. The van der Waals surface area contributed by atoms with E-state index in [9.17, 15) is 8.42 Å². The molecule has 0 aliphatic heterocycles. The molecule has 3 aromatic carbocycles. The lowest BCUT2D eigenvalue weighted by Crippen LogP contribution is -2.14. The van der Waals surface area contributed by atoms with Crippen molar-refractivity contribution >= 4 is 15.7 Å². The molecule has 152 valence electrons. The molecule has 0 amide bonds. The number of sulfonamides is 1. The monoisotopic (exact) mass is 421 g/mol. The van der Waals surface area contributed by atoms with Crippen molar-refractivity contribution in [1.82, 2.24) is 20.2 Å². The summed E-state index contributed by atoms with van der Waals surface area (Å²) in [5, 5.41) is 11.3. The quantitative estimate of drug-likeness (QED) is 0.513. The van der Waals surface area contributed by atoms with Crippen molar-refractivity contribution in [2.45, 2.75) is 4.90 Å². The smallest absolute Gasteiger partial charge is 0.262 e. The Morgan fingerprint density at radius 2 is 1.67 bits per heavy atom. The molecule has 1 aromatic heterocycles. The van der Waals surface area contributed by atoms with E-state index >= 15 is 0 Å². The largest absolute Gasteiger partial charge is 0.495 e. The van der Waals surface area contributed by atoms with Gasteiger partial charge in [-0.2, -0.15) is 0 Å². The molecule has 9 heteroatoms. The number of ether oxygens (including phenoxy) is 1. The summed E-state index contributed by atoms with van der Waals surface area (Å²) in [5.41, 5.74) is 2.78. The molecular weight excluding hydrogens is 402 g/mol. The summed E-state index contributed by atoms with van der Waals surface area (Å²) in [5.74, 6) is 0.891. The molecule has 0 aliphatic rings. The molecule has 4 aromatic rings. The van der Waals surface area contributed by atoms with E-state index in [-0.39, 0.29) is 4.90 Å². The summed E-state index contributed by atoms with van der Waals surface area (Å²) >= 11 is 0. The predicted molar refractivity (Wildman–Crippen MR) is 113 cm³/mol. The maximum Gasteiger partial charge on any atom is 0.262 e. The Bertz CT molecular complexity index is 1290. The first-order valence-electron chi connectivity index (χ1n) is 9.07. The van der Waals surface area contributed by atoms with Gasteiger partial charge in [0.25, 0.3) is 10.0 Å². The summed E-state index contributed by atoms with van der Waals surface area (Å²) in [6.45, 7) is 0. The number of aromatic nitrogens is 4. The first-order valence-corrected chi connectivity index (χ1v) is 10.6. The number of aryl methyl sites for hydroxylation is 1. The second kappa shape index (κ2) is 7.96. The zero-order chi connectivity index (χ0) is 21.1. The average Bonchev–Trinajstić information content (AvgIpc) is 3.20. The van der Waals surface area contributed by atoms with Crippen molar-refractivity contribution in [1.29, 1.82) is 0 Å². The number of nitrogens with one attached hydrogen (secondary N) is 1. The minimum absolute atomic E-state index is 0.0927. The van der Waals surface area contributed by atoms with Crippen LogP contribution in [-0.2, 0) is 17.1 Å². The number of tetrazole rings is 1. The molecule has 0 atom stereocenters. The van der Waals surface area contributed by atoms with E-state index in [1.165, 1.54) is 23.9 Å². The molecule has 1 heterocycles. The van der Waals surface area contributed by atoms with Gasteiger partial charge in [-0.1, -0.05) is 48.5 Å². The molecule has 4 rings (SSSR count). The normalized spacial score (nSPS) is 11.3. The summed E-state index contributed by atoms with van der Waals surface area (Å²) in [6, 6.07) is 21.5. The van der Waals surface area contributed by atoms with Crippen molar-refractivity contribution in [3.8, 4) is 28.3 Å².